The van der Waals surface area contributed by atoms with Gasteiger partial charge in [-0.1, -0.05) is 38.1 Å². The van der Waals surface area contributed by atoms with E-state index < -0.39 is 4.92 Å². The zero-order chi connectivity index (χ0) is 17.5. The van der Waals surface area contributed by atoms with E-state index in [2.05, 4.69) is 24.7 Å². The number of anilines is 1. The molecule has 2 rings (SSSR count). The third-order valence-corrected chi connectivity index (χ3v) is 3.44. The first-order valence-electron chi connectivity index (χ1n) is 7.54. The predicted octanol–water partition coefficient (Wildman–Crippen LogP) is 3.87. The van der Waals surface area contributed by atoms with Crippen molar-refractivity contribution >= 4 is 23.4 Å². The Morgan fingerprint density at radius 1 is 1.08 bits per heavy atom. The fourth-order valence-electron chi connectivity index (χ4n) is 2.01. The number of benzene rings is 2. The number of hydrazine groups is 1. The monoisotopic (exact) mass is 325 g/mol. The van der Waals surface area contributed by atoms with Crippen molar-refractivity contribution in [2.24, 2.45) is 0 Å². The highest BCUT2D eigenvalue weighted by Gasteiger charge is 2.04. The van der Waals surface area contributed by atoms with E-state index in [1.807, 2.05) is 24.3 Å². The maximum atomic E-state index is 11.8. The van der Waals surface area contributed by atoms with Crippen molar-refractivity contribution in [1.82, 2.24) is 5.43 Å². The second kappa shape index (κ2) is 7.92. The summed E-state index contributed by atoms with van der Waals surface area (Å²) in [5.74, 6) is 0.151. The van der Waals surface area contributed by atoms with E-state index in [1.54, 1.807) is 6.08 Å². The molecule has 0 atom stereocenters. The standard InChI is InChI=1S/C18H19N3O3/c1-13(2)15-6-3-14(4-7-15)5-12-18(22)20-19-16-8-10-17(11-9-16)21(23)24/h3-13,19H,1-2H3,(H,20,22). The molecular weight excluding hydrogens is 306 g/mol. The quantitative estimate of drug-likeness (QED) is 0.479. The predicted molar refractivity (Wildman–Crippen MR) is 94.4 cm³/mol. The Kier molecular flexibility index (Phi) is 5.68. The van der Waals surface area contributed by atoms with Crippen molar-refractivity contribution in [2.75, 3.05) is 5.43 Å². The lowest BCUT2D eigenvalue weighted by Crippen LogP contribution is -2.27. The molecule has 0 saturated heterocycles. The first kappa shape index (κ1) is 17.2. The first-order chi connectivity index (χ1) is 11.5. The number of rotatable bonds is 6. The van der Waals surface area contributed by atoms with Gasteiger partial charge in [0.25, 0.3) is 11.6 Å². The van der Waals surface area contributed by atoms with E-state index in [1.165, 1.54) is 35.9 Å². The van der Waals surface area contributed by atoms with Crippen LogP contribution in [0.5, 0.6) is 0 Å². The number of nitrogens with one attached hydrogen (secondary N) is 2. The van der Waals surface area contributed by atoms with E-state index in [0.29, 0.717) is 11.6 Å². The van der Waals surface area contributed by atoms with Crippen LogP contribution in [0, 0.1) is 10.1 Å². The van der Waals surface area contributed by atoms with Gasteiger partial charge in [0.15, 0.2) is 0 Å². The number of nitro groups is 1. The van der Waals surface area contributed by atoms with Gasteiger partial charge in [-0.05, 0) is 35.3 Å². The smallest absolute Gasteiger partial charge is 0.269 e. The summed E-state index contributed by atoms with van der Waals surface area (Å²) in [6.45, 7) is 4.25. The minimum atomic E-state index is -0.477. The van der Waals surface area contributed by atoms with Crippen LogP contribution in [-0.4, -0.2) is 10.8 Å². The number of nitrogens with zero attached hydrogens (tertiary/aromatic N) is 1. The van der Waals surface area contributed by atoms with Gasteiger partial charge in [0, 0.05) is 18.2 Å². The highest BCUT2D eigenvalue weighted by atomic mass is 16.6. The third-order valence-electron chi connectivity index (χ3n) is 3.44. The van der Waals surface area contributed by atoms with Crippen molar-refractivity contribution < 1.29 is 9.72 Å². The molecule has 0 bridgehead atoms. The van der Waals surface area contributed by atoms with Crippen LogP contribution in [0.3, 0.4) is 0 Å². The lowest BCUT2D eigenvalue weighted by atomic mass is 10.0. The van der Waals surface area contributed by atoms with Crippen LogP contribution in [0.1, 0.15) is 30.9 Å². The van der Waals surface area contributed by atoms with E-state index in [0.717, 1.165) is 5.56 Å². The van der Waals surface area contributed by atoms with Crippen LogP contribution >= 0.6 is 0 Å². The molecule has 0 aromatic heterocycles. The van der Waals surface area contributed by atoms with Crippen LogP contribution < -0.4 is 10.9 Å². The second-order valence-corrected chi connectivity index (χ2v) is 5.57. The molecule has 6 nitrogen and oxygen atoms in total. The number of carbonyl (C=O) groups excluding carboxylic acids is 1. The molecule has 0 radical (unpaired) electrons. The Labute approximate surface area is 140 Å². The number of hydrogen-bond donors (Lipinski definition) is 2. The second-order valence-electron chi connectivity index (χ2n) is 5.57. The van der Waals surface area contributed by atoms with E-state index in [4.69, 9.17) is 0 Å². The molecule has 0 unspecified atom stereocenters. The molecule has 0 fully saturated rings. The third kappa shape index (κ3) is 4.95. The molecule has 0 aliphatic heterocycles. The van der Waals surface area contributed by atoms with Gasteiger partial charge in [-0.3, -0.25) is 25.8 Å². The Bertz CT molecular complexity index is 735. The molecule has 2 N–H and O–H groups in total. The average Bonchev–Trinajstić information content (AvgIpc) is 2.58. The maximum absolute atomic E-state index is 11.8. The summed E-state index contributed by atoms with van der Waals surface area (Å²) >= 11 is 0. The van der Waals surface area contributed by atoms with Crippen LogP contribution in [0.2, 0.25) is 0 Å². The van der Waals surface area contributed by atoms with E-state index in [9.17, 15) is 14.9 Å². The summed E-state index contributed by atoms with van der Waals surface area (Å²) in [4.78, 5) is 21.9. The van der Waals surface area contributed by atoms with Gasteiger partial charge in [0.05, 0.1) is 10.6 Å². The van der Waals surface area contributed by atoms with Gasteiger partial charge in [-0.2, -0.15) is 0 Å². The Hall–Kier alpha value is -3.15. The fraction of sp³-hybridized carbons (Fsp3) is 0.167. The minimum absolute atomic E-state index is 0.00313. The van der Waals surface area contributed by atoms with Crippen LogP contribution in [-0.2, 0) is 4.79 Å². The molecule has 2 aromatic rings. The molecule has 0 aliphatic carbocycles. The maximum Gasteiger partial charge on any atom is 0.269 e. The van der Waals surface area contributed by atoms with Gasteiger partial charge >= 0.3 is 0 Å². The minimum Gasteiger partial charge on any atom is -0.298 e. The molecule has 0 saturated carbocycles. The Morgan fingerprint density at radius 2 is 1.71 bits per heavy atom. The van der Waals surface area contributed by atoms with Crippen LogP contribution in [0.15, 0.2) is 54.6 Å². The average molecular weight is 325 g/mol. The number of amides is 1. The molecule has 24 heavy (non-hydrogen) atoms. The number of carbonyl (C=O) groups is 1. The first-order valence-corrected chi connectivity index (χ1v) is 7.54. The number of nitro benzene ring substituents is 1. The summed E-state index contributed by atoms with van der Waals surface area (Å²) < 4.78 is 0. The van der Waals surface area contributed by atoms with Crippen molar-refractivity contribution in [3.8, 4) is 0 Å². The lowest BCUT2D eigenvalue weighted by molar-refractivity contribution is -0.384. The van der Waals surface area contributed by atoms with Crippen LogP contribution in [0.25, 0.3) is 6.08 Å². The summed E-state index contributed by atoms with van der Waals surface area (Å²) in [6.07, 6.45) is 3.14. The molecular formula is C18H19N3O3. The van der Waals surface area contributed by atoms with Crippen LogP contribution in [0.4, 0.5) is 11.4 Å². The SMILES string of the molecule is CC(C)c1ccc(C=CC(=O)NNc2ccc([N+](=O)[O-])cc2)cc1. The molecule has 0 aliphatic rings. The number of non-ortho nitro benzene ring substituents is 1. The lowest BCUT2D eigenvalue weighted by Gasteiger charge is -2.06. The zero-order valence-corrected chi connectivity index (χ0v) is 13.5. The van der Waals surface area contributed by atoms with E-state index in [-0.39, 0.29) is 11.6 Å². The normalized spacial score (nSPS) is 10.8. The van der Waals surface area contributed by atoms with Crippen molar-refractivity contribution in [1.29, 1.82) is 0 Å². The zero-order valence-electron chi connectivity index (χ0n) is 13.5. The summed E-state index contributed by atoms with van der Waals surface area (Å²) in [6, 6.07) is 13.8. The largest absolute Gasteiger partial charge is 0.298 e. The molecule has 6 heteroatoms. The Morgan fingerprint density at radius 3 is 2.25 bits per heavy atom. The summed E-state index contributed by atoms with van der Waals surface area (Å²) in [7, 11) is 0. The summed E-state index contributed by atoms with van der Waals surface area (Å²) in [5.41, 5.74) is 7.94. The van der Waals surface area contributed by atoms with Crippen molar-refractivity contribution in [3.63, 3.8) is 0 Å². The topological polar surface area (TPSA) is 84.3 Å². The van der Waals surface area contributed by atoms with Gasteiger partial charge in [-0.15, -0.1) is 0 Å². The van der Waals surface area contributed by atoms with Crippen molar-refractivity contribution in [3.05, 3.63) is 75.8 Å². The Balaban J connectivity index is 1.87. The molecule has 0 spiro atoms. The van der Waals surface area contributed by atoms with Gasteiger partial charge in [-0.25, -0.2) is 0 Å². The molecule has 1 amide bonds. The molecule has 0 heterocycles. The summed E-state index contributed by atoms with van der Waals surface area (Å²) in [5, 5.41) is 10.6. The molecule has 124 valence electrons. The van der Waals surface area contributed by atoms with Crippen molar-refractivity contribution in [2.45, 2.75) is 19.8 Å². The molecule has 2 aromatic carbocycles. The van der Waals surface area contributed by atoms with E-state index >= 15 is 0 Å². The highest BCUT2D eigenvalue weighted by Crippen LogP contribution is 2.16. The van der Waals surface area contributed by atoms with Gasteiger partial charge < -0.3 is 0 Å². The van der Waals surface area contributed by atoms with Gasteiger partial charge in [0.1, 0.15) is 0 Å². The fourth-order valence-corrected chi connectivity index (χ4v) is 2.01. The highest BCUT2D eigenvalue weighted by molar-refractivity contribution is 5.92. The number of hydrogen-bond acceptors (Lipinski definition) is 4. The van der Waals surface area contributed by atoms with Gasteiger partial charge in [0.2, 0.25) is 0 Å².